The fourth-order valence-electron chi connectivity index (χ4n) is 3.05. The summed E-state index contributed by atoms with van der Waals surface area (Å²) < 4.78 is 5.93. The number of likely N-dealkylation sites (tertiary alicyclic amines) is 1. The van der Waals surface area contributed by atoms with E-state index in [1.807, 2.05) is 17.3 Å². The molecule has 3 heterocycles. The lowest BCUT2D eigenvalue weighted by atomic mass is 9.92. The summed E-state index contributed by atoms with van der Waals surface area (Å²) in [5.41, 5.74) is 2.90. The molecule has 2 aliphatic rings. The molecule has 3 rings (SSSR count). The molecule has 2 aliphatic heterocycles. The number of carbonyl (C=O) groups is 1. The van der Waals surface area contributed by atoms with Gasteiger partial charge in [-0.05, 0) is 32.6 Å². The summed E-state index contributed by atoms with van der Waals surface area (Å²) in [6, 6.07) is 0. The van der Waals surface area contributed by atoms with Crippen LogP contribution in [0.1, 0.15) is 42.7 Å². The van der Waals surface area contributed by atoms with Crippen molar-refractivity contribution >= 4 is 17.2 Å². The Bertz CT molecular complexity index is 466. The maximum Gasteiger partial charge on any atom is 0.223 e. The molecule has 0 aliphatic carbocycles. The number of aromatic nitrogens is 1. The third-order valence-corrected chi connectivity index (χ3v) is 5.27. The minimum Gasteiger partial charge on any atom is -0.375 e. The molecule has 1 spiro atoms. The van der Waals surface area contributed by atoms with Crippen LogP contribution in [0.25, 0.3) is 0 Å². The van der Waals surface area contributed by atoms with Gasteiger partial charge in [0.15, 0.2) is 0 Å². The van der Waals surface area contributed by atoms with Crippen LogP contribution in [0.3, 0.4) is 0 Å². The molecule has 0 bridgehead atoms. The number of ether oxygens (including phenoxy) is 1. The Hall–Kier alpha value is -0.940. The van der Waals surface area contributed by atoms with Crippen LogP contribution in [0, 0.1) is 6.92 Å². The van der Waals surface area contributed by atoms with E-state index in [2.05, 4.69) is 4.98 Å². The van der Waals surface area contributed by atoms with Gasteiger partial charge in [-0.2, -0.15) is 0 Å². The first kappa shape index (κ1) is 13.1. The van der Waals surface area contributed by atoms with Crippen LogP contribution in [-0.2, 0) is 16.1 Å². The minimum absolute atomic E-state index is 0.00679. The predicted octanol–water partition coefficient (Wildman–Crippen LogP) is 2.51. The van der Waals surface area contributed by atoms with Gasteiger partial charge in [-0.25, -0.2) is 4.98 Å². The predicted molar refractivity (Wildman–Crippen MR) is 74.0 cm³/mol. The molecular formula is C14H20N2O2S. The van der Waals surface area contributed by atoms with E-state index in [1.54, 1.807) is 11.3 Å². The normalized spacial score (nSPS) is 28.1. The second kappa shape index (κ2) is 5.21. The molecule has 4 nitrogen and oxygen atoms in total. The van der Waals surface area contributed by atoms with Crippen LogP contribution in [0.2, 0.25) is 0 Å². The number of nitrogens with zero attached hydrogens (tertiary/aromatic N) is 2. The van der Waals surface area contributed by atoms with Crippen molar-refractivity contribution in [2.24, 2.45) is 0 Å². The molecule has 1 aromatic heterocycles. The molecule has 2 fully saturated rings. The van der Waals surface area contributed by atoms with Crippen molar-refractivity contribution in [2.75, 3.05) is 13.2 Å². The Morgan fingerprint density at radius 1 is 1.47 bits per heavy atom. The van der Waals surface area contributed by atoms with Crippen molar-refractivity contribution in [3.05, 3.63) is 16.1 Å². The standard InChI is InChI=1S/C14H20N2O2S/c1-11-12(19-10-15-11)9-16-7-6-14(4-2-8-18-14)5-3-13(16)17/h10H,2-9H2,1H3. The van der Waals surface area contributed by atoms with Crippen molar-refractivity contribution in [1.29, 1.82) is 0 Å². The highest BCUT2D eigenvalue weighted by Gasteiger charge is 2.38. The lowest BCUT2D eigenvalue weighted by Gasteiger charge is -2.26. The molecule has 1 atom stereocenters. The van der Waals surface area contributed by atoms with E-state index >= 15 is 0 Å². The Labute approximate surface area is 117 Å². The van der Waals surface area contributed by atoms with E-state index in [9.17, 15) is 4.79 Å². The lowest BCUT2D eigenvalue weighted by molar-refractivity contribution is -0.131. The first-order valence-corrected chi connectivity index (χ1v) is 7.87. The Morgan fingerprint density at radius 2 is 2.37 bits per heavy atom. The Kier molecular flexibility index (Phi) is 3.58. The Balaban J connectivity index is 1.69. The highest BCUT2D eigenvalue weighted by molar-refractivity contribution is 7.09. The summed E-state index contributed by atoms with van der Waals surface area (Å²) in [4.78, 5) is 19.7. The van der Waals surface area contributed by atoms with Crippen LogP contribution in [0.4, 0.5) is 0 Å². The smallest absolute Gasteiger partial charge is 0.223 e. The summed E-state index contributed by atoms with van der Waals surface area (Å²) in [5.74, 6) is 0.264. The highest BCUT2D eigenvalue weighted by atomic mass is 32.1. The topological polar surface area (TPSA) is 42.4 Å². The van der Waals surface area contributed by atoms with Crippen LogP contribution in [-0.4, -0.2) is 34.5 Å². The zero-order valence-electron chi connectivity index (χ0n) is 11.4. The van der Waals surface area contributed by atoms with E-state index in [1.165, 1.54) is 4.88 Å². The number of aryl methyl sites for hydroxylation is 1. The molecule has 0 saturated carbocycles. The molecule has 19 heavy (non-hydrogen) atoms. The van der Waals surface area contributed by atoms with Crippen molar-refractivity contribution in [3.8, 4) is 0 Å². The summed E-state index contributed by atoms with van der Waals surface area (Å²) in [7, 11) is 0. The van der Waals surface area contributed by atoms with Gasteiger partial charge in [0.05, 0.1) is 23.4 Å². The van der Waals surface area contributed by atoms with Gasteiger partial charge >= 0.3 is 0 Å². The van der Waals surface area contributed by atoms with Crippen molar-refractivity contribution in [2.45, 2.75) is 51.2 Å². The van der Waals surface area contributed by atoms with Crippen LogP contribution >= 0.6 is 11.3 Å². The largest absolute Gasteiger partial charge is 0.375 e. The van der Waals surface area contributed by atoms with Crippen LogP contribution in [0.15, 0.2) is 5.51 Å². The molecular weight excluding hydrogens is 260 g/mol. The van der Waals surface area contributed by atoms with Crippen molar-refractivity contribution < 1.29 is 9.53 Å². The molecule has 0 radical (unpaired) electrons. The molecule has 1 amide bonds. The number of amides is 1. The summed E-state index contributed by atoms with van der Waals surface area (Å²) >= 11 is 1.64. The highest BCUT2D eigenvalue weighted by Crippen LogP contribution is 2.36. The first-order valence-electron chi connectivity index (χ1n) is 6.99. The molecule has 104 valence electrons. The number of hydrogen-bond donors (Lipinski definition) is 0. The monoisotopic (exact) mass is 280 g/mol. The van der Waals surface area contributed by atoms with Gasteiger partial charge in [0.25, 0.3) is 0 Å². The van der Waals surface area contributed by atoms with Crippen LogP contribution in [0.5, 0.6) is 0 Å². The van der Waals surface area contributed by atoms with Gasteiger partial charge in [0, 0.05) is 24.4 Å². The molecule has 0 N–H and O–H groups in total. The van der Waals surface area contributed by atoms with Crippen molar-refractivity contribution in [3.63, 3.8) is 0 Å². The number of thiazole rings is 1. The molecule has 1 aromatic rings. The van der Waals surface area contributed by atoms with Gasteiger partial charge in [0.2, 0.25) is 5.91 Å². The fourth-order valence-corrected chi connectivity index (χ4v) is 3.84. The van der Waals surface area contributed by atoms with E-state index < -0.39 is 0 Å². The summed E-state index contributed by atoms with van der Waals surface area (Å²) in [6.07, 6.45) is 4.76. The third kappa shape index (κ3) is 2.67. The summed E-state index contributed by atoms with van der Waals surface area (Å²) in [5, 5.41) is 0. The van der Waals surface area contributed by atoms with Gasteiger partial charge in [-0.3, -0.25) is 4.79 Å². The lowest BCUT2D eigenvalue weighted by Crippen LogP contribution is -2.32. The van der Waals surface area contributed by atoms with Gasteiger partial charge in [0.1, 0.15) is 0 Å². The zero-order chi connectivity index (χ0) is 13.3. The molecule has 2 saturated heterocycles. The fraction of sp³-hybridized carbons (Fsp3) is 0.714. The van der Waals surface area contributed by atoms with E-state index in [4.69, 9.17) is 4.74 Å². The molecule has 1 unspecified atom stereocenters. The number of rotatable bonds is 2. The Morgan fingerprint density at radius 3 is 3.05 bits per heavy atom. The van der Waals surface area contributed by atoms with Gasteiger partial charge < -0.3 is 9.64 Å². The number of hydrogen-bond acceptors (Lipinski definition) is 4. The quantitative estimate of drug-likeness (QED) is 0.836. The molecule has 5 heteroatoms. The second-order valence-electron chi connectivity index (χ2n) is 5.56. The minimum atomic E-state index is -0.00679. The maximum absolute atomic E-state index is 12.2. The average molecular weight is 280 g/mol. The van der Waals surface area contributed by atoms with E-state index in [-0.39, 0.29) is 11.5 Å². The number of carbonyl (C=O) groups excluding carboxylic acids is 1. The van der Waals surface area contributed by atoms with Crippen molar-refractivity contribution in [1.82, 2.24) is 9.88 Å². The third-order valence-electron chi connectivity index (χ3n) is 4.35. The first-order chi connectivity index (χ1) is 9.19. The van der Waals surface area contributed by atoms with E-state index in [0.717, 1.165) is 44.5 Å². The SMILES string of the molecule is Cc1ncsc1CN1CCC2(CCCO2)CCC1=O. The molecule has 0 aromatic carbocycles. The maximum atomic E-state index is 12.2. The van der Waals surface area contributed by atoms with Crippen LogP contribution < -0.4 is 0 Å². The average Bonchev–Trinajstić information content (AvgIpc) is 2.98. The van der Waals surface area contributed by atoms with Gasteiger partial charge in [-0.15, -0.1) is 11.3 Å². The summed E-state index contributed by atoms with van der Waals surface area (Å²) in [6.45, 7) is 4.40. The zero-order valence-corrected chi connectivity index (χ0v) is 12.2. The second-order valence-corrected chi connectivity index (χ2v) is 6.50. The van der Waals surface area contributed by atoms with E-state index in [0.29, 0.717) is 13.0 Å². The van der Waals surface area contributed by atoms with Gasteiger partial charge in [-0.1, -0.05) is 0 Å².